The van der Waals surface area contributed by atoms with Crippen LogP contribution in [0, 0.1) is 13.8 Å². The summed E-state index contributed by atoms with van der Waals surface area (Å²) < 4.78 is 25.8. The highest BCUT2D eigenvalue weighted by Crippen LogP contribution is 2.25. The summed E-state index contributed by atoms with van der Waals surface area (Å²) in [5.74, 6) is 0.808. The maximum absolute atomic E-state index is 13.0. The summed E-state index contributed by atoms with van der Waals surface area (Å²) in [7, 11) is 4.32. The number of hydrogen-bond donors (Lipinski definition) is 1. The van der Waals surface area contributed by atoms with Crippen molar-refractivity contribution >= 4 is 16.9 Å². The van der Waals surface area contributed by atoms with E-state index < -0.39 is 11.0 Å². The number of nitrogens with zero attached hydrogens (tertiary/aromatic N) is 3. The van der Waals surface area contributed by atoms with Gasteiger partial charge in [0, 0.05) is 38.8 Å². The number of ether oxygens (including phenoxy) is 2. The molecule has 2 aliphatic rings. The molecule has 9 heteroatoms. The lowest BCUT2D eigenvalue weighted by Crippen LogP contribution is -2.53. The minimum absolute atomic E-state index is 0.0421. The molecule has 2 aliphatic heterocycles. The average Bonchev–Trinajstić information content (AvgIpc) is 2.82. The van der Waals surface area contributed by atoms with E-state index in [-0.39, 0.29) is 12.5 Å². The van der Waals surface area contributed by atoms with Crippen LogP contribution >= 0.6 is 0 Å². The molecule has 0 aliphatic carbocycles. The number of carbonyl (C=O) groups excluding carboxylic acids is 1. The van der Waals surface area contributed by atoms with E-state index in [1.54, 1.807) is 11.4 Å². The second kappa shape index (κ2) is 13.0. The molecular weight excluding hydrogens is 452 g/mol. The highest BCUT2D eigenvalue weighted by molar-refractivity contribution is 7.82. The number of benzene rings is 1. The lowest BCUT2D eigenvalue weighted by molar-refractivity contribution is -0.137. The number of nitrogens with one attached hydrogen (secondary N) is 1. The van der Waals surface area contributed by atoms with E-state index in [1.165, 1.54) is 12.8 Å². The molecular formula is C25H42N4O4S. The Hall–Kier alpha value is -1.52. The molecule has 0 spiro atoms. The van der Waals surface area contributed by atoms with Gasteiger partial charge in [-0.1, -0.05) is 0 Å². The van der Waals surface area contributed by atoms with E-state index in [9.17, 15) is 9.00 Å². The molecule has 0 radical (unpaired) electrons. The van der Waals surface area contributed by atoms with Gasteiger partial charge in [0.25, 0.3) is 0 Å². The fourth-order valence-corrected chi connectivity index (χ4v) is 6.06. The van der Waals surface area contributed by atoms with Gasteiger partial charge in [-0.15, -0.1) is 0 Å². The molecule has 1 aromatic carbocycles. The molecule has 1 N–H and O–H groups in total. The normalized spacial score (nSPS) is 21.1. The minimum Gasteiger partial charge on any atom is -0.497 e. The van der Waals surface area contributed by atoms with Crippen LogP contribution in [0.5, 0.6) is 5.75 Å². The summed E-state index contributed by atoms with van der Waals surface area (Å²) >= 11 is 0. The largest absolute Gasteiger partial charge is 0.497 e. The van der Waals surface area contributed by atoms with Crippen LogP contribution in [0.15, 0.2) is 17.0 Å². The quantitative estimate of drug-likeness (QED) is 0.502. The third-order valence-corrected chi connectivity index (χ3v) is 8.61. The summed E-state index contributed by atoms with van der Waals surface area (Å²) in [6, 6.07) is 4.73. The lowest BCUT2D eigenvalue weighted by Gasteiger charge is -2.37. The number of likely N-dealkylation sites (tertiary alicyclic amines) is 2. The molecule has 2 fully saturated rings. The van der Waals surface area contributed by atoms with Crippen molar-refractivity contribution in [3.63, 3.8) is 0 Å². The summed E-state index contributed by atoms with van der Waals surface area (Å²) in [5.41, 5.74) is 1.87. The highest BCUT2D eigenvalue weighted by atomic mass is 32.2. The number of methoxy groups -OCH3 is 1. The Bertz CT molecular complexity index is 821. The SMILES string of the molecule is COc1cc(C)c(S(=O)N(C)CCOCC(=O)N2CCC[C@H](NC3CCN(C)CC3)C2)c(C)c1. The molecule has 3 rings (SSSR count). The van der Waals surface area contributed by atoms with Gasteiger partial charge in [0.15, 0.2) is 0 Å². The first-order chi connectivity index (χ1) is 16.3. The Morgan fingerprint density at radius 1 is 1.15 bits per heavy atom. The maximum Gasteiger partial charge on any atom is 0.248 e. The first-order valence-electron chi connectivity index (χ1n) is 12.4. The molecule has 2 atom stereocenters. The fraction of sp³-hybridized carbons (Fsp3) is 0.720. The summed E-state index contributed by atoms with van der Waals surface area (Å²) in [6.45, 7) is 8.62. The van der Waals surface area contributed by atoms with Crippen LogP contribution in [-0.4, -0.2) is 103 Å². The van der Waals surface area contributed by atoms with Gasteiger partial charge in [-0.25, -0.2) is 8.51 Å². The van der Waals surface area contributed by atoms with Gasteiger partial charge in [-0.3, -0.25) is 4.79 Å². The second-order valence-corrected chi connectivity index (χ2v) is 11.2. The number of aryl methyl sites for hydroxylation is 2. The topological polar surface area (TPSA) is 74.3 Å². The molecule has 0 saturated carbocycles. The predicted octanol–water partition coefficient (Wildman–Crippen LogP) is 1.96. The van der Waals surface area contributed by atoms with E-state index >= 15 is 0 Å². The molecule has 34 heavy (non-hydrogen) atoms. The number of piperidine rings is 2. The number of carbonyl (C=O) groups is 1. The molecule has 2 saturated heterocycles. The van der Waals surface area contributed by atoms with Crippen molar-refractivity contribution in [2.24, 2.45) is 0 Å². The van der Waals surface area contributed by atoms with Gasteiger partial charge in [-0.2, -0.15) is 0 Å². The Morgan fingerprint density at radius 2 is 1.82 bits per heavy atom. The van der Waals surface area contributed by atoms with Crippen molar-refractivity contribution < 1.29 is 18.5 Å². The van der Waals surface area contributed by atoms with Crippen LogP contribution in [0.1, 0.15) is 36.8 Å². The zero-order valence-electron chi connectivity index (χ0n) is 21.5. The fourth-order valence-electron chi connectivity index (χ4n) is 4.83. The Labute approximate surface area is 207 Å². The number of rotatable bonds is 10. The van der Waals surface area contributed by atoms with Crippen LogP contribution < -0.4 is 10.1 Å². The van der Waals surface area contributed by atoms with Gasteiger partial charge in [0.1, 0.15) is 23.3 Å². The average molecular weight is 495 g/mol. The first kappa shape index (κ1) is 27.1. The monoisotopic (exact) mass is 494 g/mol. The number of amides is 1. The van der Waals surface area contributed by atoms with Crippen LogP contribution in [0.25, 0.3) is 0 Å². The van der Waals surface area contributed by atoms with Crippen molar-refractivity contribution in [3.05, 3.63) is 23.3 Å². The standard InChI is InChI=1S/C25H42N4O4S/c1-19-15-23(32-5)16-20(2)25(19)34(31)28(4)13-14-33-18-24(30)29-10-6-7-22(17-29)26-21-8-11-27(3)12-9-21/h15-16,21-22,26H,6-14,17-18H2,1-5H3/t22-,34?/m0/s1. The zero-order chi connectivity index (χ0) is 24.7. The van der Waals surface area contributed by atoms with Crippen molar-refractivity contribution in [2.45, 2.75) is 56.5 Å². The summed E-state index contributed by atoms with van der Waals surface area (Å²) in [4.78, 5) is 17.8. The van der Waals surface area contributed by atoms with Crippen molar-refractivity contribution in [2.75, 3.05) is 67.1 Å². The van der Waals surface area contributed by atoms with Crippen molar-refractivity contribution in [1.82, 2.24) is 19.4 Å². The van der Waals surface area contributed by atoms with Crippen LogP contribution in [0.3, 0.4) is 0 Å². The summed E-state index contributed by atoms with van der Waals surface area (Å²) in [5, 5.41) is 3.78. The van der Waals surface area contributed by atoms with E-state index in [4.69, 9.17) is 9.47 Å². The van der Waals surface area contributed by atoms with E-state index in [1.807, 2.05) is 37.9 Å². The predicted molar refractivity (Wildman–Crippen MR) is 136 cm³/mol. The minimum atomic E-state index is -1.30. The van der Waals surface area contributed by atoms with Crippen LogP contribution in [-0.2, 0) is 20.5 Å². The van der Waals surface area contributed by atoms with Gasteiger partial charge in [0.05, 0.1) is 18.6 Å². The molecule has 1 unspecified atom stereocenters. The molecule has 8 nitrogen and oxygen atoms in total. The Kier molecular flexibility index (Phi) is 10.3. The van der Waals surface area contributed by atoms with Crippen LogP contribution in [0.4, 0.5) is 0 Å². The van der Waals surface area contributed by atoms with E-state index in [0.29, 0.717) is 25.2 Å². The molecule has 1 amide bonds. The zero-order valence-corrected chi connectivity index (χ0v) is 22.3. The smallest absolute Gasteiger partial charge is 0.248 e. The maximum atomic E-state index is 13.0. The highest BCUT2D eigenvalue weighted by Gasteiger charge is 2.26. The summed E-state index contributed by atoms with van der Waals surface area (Å²) in [6.07, 6.45) is 4.50. The molecule has 2 heterocycles. The van der Waals surface area contributed by atoms with Gasteiger partial charge in [0.2, 0.25) is 5.91 Å². The van der Waals surface area contributed by atoms with Crippen LogP contribution in [0.2, 0.25) is 0 Å². The van der Waals surface area contributed by atoms with Gasteiger partial charge in [-0.05, 0) is 82.9 Å². The van der Waals surface area contributed by atoms with E-state index in [2.05, 4.69) is 17.3 Å². The first-order valence-corrected chi connectivity index (χ1v) is 13.5. The molecule has 1 aromatic rings. The molecule has 0 bridgehead atoms. The van der Waals surface area contributed by atoms with Gasteiger partial charge < -0.3 is 24.6 Å². The number of hydrogen-bond acceptors (Lipinski definition) is 6. The van der Waals surface area contributed by atoms with Crippen molar-refractivity contribution in [1.29, 1.82) is 0 Å². The molecule has 0 aromatic heterocycles. The van der Waals surface area contributed by atoms with E-state index in [0.717, 1.165) is 60.8 Å². The molecule has 192 valence electrons. The third-order valence-electron chi connectivity index (χ3n) is 6.87. The number of likely N-dealkylation sites (N-methyl/N-ethyl adjacent to an activating group) is 1. The van der Waals surface area contributed by atoms with Crippen molar-refractivity contribution in [3.8, 4) is 5.75 Å². The second-order valence-electron chi connectivity index (χ2n) is 9.67. The lowest BCUT2D eigenvalue weighted by atomic mass is 10.0. The Balaban J connectivity index is 1.39. The van der Waals surface area contributed by atoms with Gasteiger partial charge >= 0.3 is 0 Å². The third kappa shape index (κ3) is 7.49. The Morgan fingerprint density at radius 3 is 2.47 bits per heavy atom.